The molecule has 0 bridgehead atoms. The molecule has 5 nitrogen and oxygen atoms in total. The summed E-state index contributed by atoms with van der Waals surface area (Å²) in [5.74, 6) is 0.739. The van der Waals surface area contributed by atoms with E-state index in [0.717, 1.165) is 12.2 Å². The third-order valence-electron chi connectivity index (χ3n) is 3.54. The van der Waals surface area contributed by atoms with Crippen LogP contribution >= 0.6 is 0 Å². The standard InChI is InChI=1S/C16H23NO4/c1-3-8-20-14-6-4-13(5-7-14)16(19)17-9-15(10-18)21-11-12(17)2/h4-7,12,15,18H,3,8-11H2,1-2H3. The summed E-state index contributed by atoms with van der Waals surface area (Å²) in [6, 6.07) is 7.21. The van der Waals surface area contributed by atoms with Crippen molar-refractivity contribution in [2.75, 3.05) is 26.4 Å². The predicted octanol–water partition coefficient (Wildman–Crippen LogP) is 1.70. The molecular formula is C16H23NO4. The van der Waals surface area contributed by atoms with Crippen LogP contribution in [0.15, 0.2) is 24.3 Å². The molecule has 0 radical (unpaired) electrons. The van der Waals surface area contributed by atoms with Crippen LogP contribution in [0.3, 0.4) is 0 Å². The van der Waals surface area contributed by atoms with Crippen LogP contribution in [-0.4, -0.2) is 54.4 Å². The van der Waals surface area contributed by atoms with Gasteiger partial charge in [-0.1, -0.05) is 6.92 Å². The molecule has 1 aliphatic rings. The van der Waals surface area contributed by atoms with Gasteiger partial charge in [0.1, 0.15) is 5.75 Å². The molecule has 1 N–H and O–H groups in total. The molecule has 2 unspecified atom stereocenters. The van der Waals surface area contributed by atoms with Crippen molar-refractivity contribution < 1.29 is 19.4 Å². The number of amides is 1. The Bertz CT molecular complexity index is 460. The molecule has 0 aliphatic carbocycles. The fraction of sp³-hybridized carbons (Fsp3) is 0.562. The molecule has 1 aliphatic heterocycles. The fourth-order valence-electron chi connectivity index (χ4n) is 2.29. The molecule has 21 heavy (non-hydrogen) atoms. The van der Waals surface area contributed by atoms with E-state index >= 15 is 0 Å². The number of rotatable bonds is 5. The van der Waals surface area contributed by atoms with E-state index in [-0.39, 0.29) is 24.7 Å². The molecule has 2 atom stereocenters. The predicted molar refractivity (Wildman–Crippen MR) is 79.6 cm³/mol. The molecular weight excluding hydrogens is 270 g/mol. The lowest BCUT2D eigenvalue weighted by molar-refractivity contribution is -0.0667. The topological polar surface area (TPSA) is 59.0 Å². The maximum atomic E-state index is 12.5. The van der Waals surface area contributed by atoms with Crippen molar-refractivity contribution >= 4 is 5.91 Å². The van der Waals surface area contributed by atoms with Crippen LogP contribution in [0, 0.1) is 0 Å². The van der Waals surface area contributed by atoms with Gasteiger partial charge in [0.25, 0.3) is 5.91 Å². The van der Waals surface area contributed by atoms with E-state index in [4.69, 9.17) is 9.47 Å². The second-order valence-corrected chi connectivity index (χ2v) is 5.32. The third kappa shape index (κ3) is 3.95. The van der Waals surface area contributed by atoms with Crippen molar-refractivity contribution in [1.29, 1.82) is 0 Å². The zero-order chi connectivity index (χ0) is 15.2. The van der Waals surface area contributed by atoms with E-state index in [0.29, 0.717) is 25.3 Å². The first-order chi connectivity index (χ1) is 10.2. The summed E-state index contributed by atoms with van der Waals surface area (Å²) in [7, 11) is 0. The van der Waals surface area contributed by atoms with Gasteiger partial charge in [0, 0.05) is 12.1 Å². The first-order valence-electron chi connectivity index (χ1n) is 7.42. The first-order valence-corrected chi connectivity index (χ1v) is 7.42. The van der Waals surface area contributed by atoms with Gasteiger partial charge in [-0.15, -0.1) is 0 Å². The maximum Gasteiger partial charge on any atom is 0.254 e. The normalized spacial score (nSPS) is 22.1. The highest BCUT2D eigenvalue weighted by Crippen LogP contribution is 2.18. The van der Waals surface area contributed by atoms with Gasteiger partial charge in [-0.05, 0) is 37.6 Å². The molecule has 0 saturated carbocycles. The fourth-order valence-corrected chi connectivity index (χ4v) is 2.29. The molecule has 1 aromatic carbocycles. The summed E-state index contributed by atoms with van der Waals surface area (Å²) in [5, 5.41) is 9.19. The number of carbonyl (C=O) groups is 1. The number of ether oxygens (including phenoxy) is 2. The molecule has 2 rings (SSSR count). The Hall–Kier alpha value is -1.59. The van der Waals surface area contributed by atoms with Crippen LogP contribution < -0.4 is 4.74 Å². The van der Waals surface area contributed by atoms with E-state index in [9.17, 15) is 9.90 Å². The monoisotopic (exact) mass is 293 g/mol. The first kappa shape index (κ1) is 15.8. The summed E-state index contributed by atoms with van der Waals surface area (Å²) in [6.07, 6.45) is 0.659. The van der Waals surface area contributed by atoms with Crippen molar-refractivity contribution in [3.63, 3.8) is 0 Å². The Morgan fingerprint density at radius 2 is 2.14 bits per heavy atom. The highest BCUT2D eigenvalue weighted by atomic mass is 16.5. The Morgan fingerprint density at radius 1 is 1.43 bits per heavy atom. The number of aliphatic hydroxyl groups is 1. The summed E-state index contributed by atoms with van der Waals surface area (Å²) in [6.45, 7) is 5.48. The minimum atomic E-state index is -0.294. The van der Waals surface area contributed by atoms with Crippen LogP contribution in [0.25, 0.3) is 0 Å². The van der Waals surface area contributed by atoms with Gasteiger partial charge in [-0.3, -0.25) is 4.79 Å². The maximum absolute atomic E-state index is 12.5. The van der Waals surface area contributed by atoms with Crippen molar-refractivity contribution in [1.82, 2.24) is 4.90 Å². The second kappa shape index (κ2) is 7.43. The summed E-state index contributed by atoms with van der Waals surface area (Å²) >= 11 is 0. The molecule has 1 saturated heterocycles. The highest BCUT2D eigenvalue weighted by Gasteiger charge is 2.29. The average molecular weight is 293 g/mol. The molecule has 5 heteroatoms. The van der Waals surface area contributed by atoms with Crippen molar-refractivity contribution in [2.24, 2.45) is 0 Å². The van der Waals surface area contributed by atoms with Crippen molar-refractivity contribution in [2.45, 2.75) is 32.4 Å². The van der Waals surface area contributed by atoms with Crippen LogP contribution in [0.1, 0.15) is 30.6 Å². The van der Waals surface area contributed by atoms with Gasteiger partial charge in [-0.25, -0.2) is 0 Å². The second-order valence-electron chi connectivity index (χ2n) is 5.32. The van der Waals surface area contributed by atoms with E-state index in [2.05, 4.69) is 6.92 Å². The van der Waals surface area contributed by atoms with Crippen LogP contribution in [0.2, 0.25) is 0 Å². The number of hydrogen-bond acceptors (Lipinski definition) is 4. The van der Waals surface area contributed by atoms with Crippen molar-refractivity contribution in [3.05, 3.63) is 29.8 Å². The zero-order valence-electron chi connectivity index (χ0n) is 12.6. The van der Waals surface area contributed by atoms with Crippen LogP contribution in [0.5, 0.6) is 5.75 Å². The Morgan fingerprint density at radius 3 is 2.76 bits per heavy atom. The molecule has 1 aromatic rings. The highest BCUT2D eigenvalue weighted by molar-refractivity contribution is 5.94. The van der Waals surface area contributed by atoms with E-state index in [1.54, 1.807) is 17.0 Å². The number of benzene rings is 1. The van der Waals surface area contributed by atoms with Gasteiger partial charge in [0.2, 0.25) is 0 Å². The van der Waals surface area contributed by atoms with Gasteiger partial charge >= 0.3 is 0 Å². The largest absolute Gasteiger partial charge is 0.494 e. The van der Waals surface area contributed by atoms with Gasteiger partial charge in [-0.2, -0.15) is 0 Å². The lowest BCUT2D eigenvalue weighted by Crippen LogP contribution is -2.52. The Kier molecular flexibility index (Phi) is 5.59. The summed E-state index contributed by atoms with van der Waals surface area (Å²) < 4.78 is 11.0. The van der Waals surface area contributed by atoms with Crippen LogP contribution in [0.4, 0.5) is 0 Å². The minimum Gasteiger partial charge on any atom is -0.494 e. The minimum absolute atomic E-state index is 0.0105. The van der Waals surface area contributed by atoms with E-state index in [1.807, 2.05) is 19.1 Å². The molecule has 1 fully saturated rings. The number of hydrogen-bond donors (Lipinski definition) is 1. The molecule has 0 aromatic heterocycles. The summed E-state index contributed by atoms with van der Waals surface area (Å²) in [4.78, 5) is 14.3. The lowest BCUT2D eigenvalue weighted by atomic mass is 10.1. The SMILES string of the molecule is CCCOc1ccc(C(=O)N2CC(CO)OCC2C)cc1. The lowest BCUT2D eigenvalue weighted by Gasteiger charge is -2.37. The van der Waals surface area contributed by atoms with Gasteiger partial charge in [0.15, 0.2) is 0 Å². The Labute approximate surface area is 125 Å². The third-order valence-corrected chi connectivity index (χ3v) is 3.54. The quantitative estimate of drug-likeness (QED) is 0.897. The van der Waals surface area contributed by atoms with Crippen LogP contribution in [-0.2, 0) is 4.74 Å². The average Bonchev–Trinajstić information content (AvgIpc) is 2.53. The molecule has 0 spiro atoms. The molecule has 1 amide bonds. The smallest absolute Gasteiger partial charge is 0.254 e. The number of morpholine rings is 1. The number of carbonyl (C=O) groups excluding carboxylic acids is 1. The summed E-state index contributed by atoms with van der Waals surface area (Å²) in [5.41, 5.74) is 0.629. The van der Waals surface area contributed by atoms with E-state index < -0.39 is 0 Å². The van der Waals surface area contributed by atoms with E-state index in [1.165, 1.54) is 0 Å². The molecule has 1 heterocycles. The Balaban J connectivity index is 2.04. The number of nitrogens with zero attached hydrogens (tertiary/aromatic N) is 1. The molecule has 116 valence electrons. The number of aliphatic hydroxyl groups excluding tert-OH is 1. The van der Waals surface area contributed by atoms with Gasteiger partial charge in [0.05, 0.1) is 32.0 Å². The van der Waals surface area contributed by atoms with Gasteiger partial charge < -0.3 is 19.5 Å². The zero-order valence-corrected chi connectivity index (χ0v) is 12.6. The van der Waals surface area contributed by atoms with Crippen molar-refractivity contribution in [3.8, 4) is 5.75 Å².